The maximum Gasteiger partial charge on any atom is 0.305 e. The van der Waals surface area contributed by atoms with Gasteiger partial charge in [0.2, 0.25) is 10.0 Å². The smallest absolute Gasteiger partial charge is 0.305 e. The Balaban J connectivity index is 2.44. The van der Waals surface area contributed by atoms with Gasteiger partial charge in [-0.15, -0.1) is 0 Å². The lowest BCUT2D eigenvalue weighted by Crippen LogP contribution is -2.25. The van der Waals surface area contributed by atoms with Crippen molar-refractivity contribution >= 4 is 16.0 Å². The highest BCUT2D eigenvalue weighted by atomic mass is 32.2. The lowest BCUT2D eigenvalue weighted by Gasteiger charge is -2.07. The Morgan fingerprint density at radius 1 is 1.29 bits per heavy atom. The molecule has 0 saturated carbocycles. The third-order valence-electron chi connectivity index (χ3n) is 2.87. The van der Waals surface area contributed by atoms with Crippen LogP contribution in [0, 0.1) is 11.3 Å². The summed E-state index contributed by atoms with van der Waals surface area (Å²) >= 11 is 0. The number of nitriles is 1. The van der Waals surface area contributed by atoms with E-state index in [-0.39, 0.29) is 23.0 Å². The predicted octanol–water partition coefficient (Wildman–Crippen LogP) is 1.57. The molecule has 0 aromatic heterocycles. The van der Waals surface area contributed by atoms with E-state index in [0.717, 1.165) is 6.42 Å². The highest BCUT2D eigenvalue weighted by Crippen LogP contribution is 2.14. The van der Waals surface area contributed by atoms with Crippen LogP contribution in [-0.2, 0) is 19.6 Å². The third-order valence-corrected chi connectivity index (χ3v) is 4.39. The standard InChI is InChI=1S/C14H18N2O4S/c1-20-14(17)9-3-2-6-10-16-21(18,19)13-8-5-4-7-12(13)11-15/h4-5,7-8,16H,2-3,6,9-10H2,1H3. The molecule has 0 heterocycles. The van der Waals surface area contributed by atoms with Gasteiger partial charge >= 0.3 is 5.97 Å². The van der Waals surface area contributed by atoms with Crippen LogP contribution in [0.4, 0.5) is 0 Å². The average Bonchev–Trinajstić information content (AvgIpc) is 2.50. The van der Waals surface area contributed by atoms with E-state index in [2.05, 4.69) is 9.46 Å². The second-order valence-electron chi connectivity index (χ2n) is 4.39. The van der Waals surface area contributed by atoms with Gasteiger partial charge in [0.1, 0.15) is 6.07 Å². The van der Waals surface area contributed by atoms with Gasteiger partial charge < -0.3 is 4.74 Å². The molecule has 0 aliphatic heterocycles. The number of hydrogen-bond acceptors (Lipinski definition) is 5. The maximum atomic E-state index is 12.1. The molecule has 6 nitrogen and oxygen atoms in total. The molecular weight excluding hydrogens is 292 g/mol. The Bertz CT molecular complexity index is 620. The normalized spacial score (nSPS) is 10.9. The number of carbonyl (C=O) groups excluding carboxylic acids is 1. The van der Waals surface area contributed by atoms with Gasteiger partial charge in [0.15, 0.2) is 0 Å². The number of esters is 1. The average molecular weight is 310 g/mol. The van der Waals surface area contributed by atoms with E-state index < -0.39 is 10.0 Å². The number of methoxy groups -OCH3 is 1. The fourth-order valence-electron chi connectivity index (χ4n) is 1.75. The number of nitrogens with one attached hydrogen (secondary N) is 1. The molecule has 1 rings (SSSR count). The molecule has 7 heteroatoms. The molecule has 0 unspecified atom stereocenters. The molecule has 1 aromatic rings. The summed E-state index contributed by atoms with van der Waals surface area (Å²) in [6.07, 6.45) is 2.33. The Hall–Kier alpha value is -1.91. The largest absolute Gasteiger partial charge is 0.469 e. The molecule has 21 heavy (non-hydrogen) atoms. The summed E-state index contributed by atoms with van der Waals surface area (Å²) in [6, 6.07) is 7.92. The summed E-state index contributed by atoms with van der Waals surface area (Å²) in [5, 5.41) is 8.91. The van der Waals surface area contributed by atoms with Gasteiger partial charge in [0, 0.05) is 13.0 Å². The number of unbranched alkanes of at least 4 members (excludes halogenated alkanes) is 2. The Morgan fingerprint density at radius 2 is 2.00 bits per heavy atom. The molecule has 1 aromatic carbocycles. The van der Waals surface area contributed by atoms with Gasteiger partial charge in [-0.05, 0) is 25.0 Å². The van der Waals surface area contributed by atoms with Crippen LogP contribution in [0.2, 0.25) is 0 Å². The minimum absolute atomic E-state index is 0.0120. The summed E-state index contributed by atoms with van der Waals surface area (Å²) in [5.74, 6) is -0.265. The molecule has 1 N–H and O–H groups in total. The number of ether oxygens (including phenoxy) is 1. The predicted molar refractivity (Wildman–Crippen MR) is 76.8 cm³/mol. The lowest BCUT2D eigenvalue weighted by atomic mass is 10.2. The van der Waals surface area contributed by atoms with Gasteiger partial charge in [-0.1, -0.05) is 18.6 Å². The van der Waals surface area contributed by atoms with Gasteiger partial charge in [-0.25, -0.2) is 13.1 Å². The molecule has 0 atom stereocenters. The van der Waals surface area contributed by atoms with Crippen LogP contribution >= 0.6 is 0 Å². The van der Waals surface area contributed by atoms with Crippen molar-refractivity contribution < 1.29 is 17.9 Å². The van der Waals surface area contributed by atoms with E-state index in [1.807, 2.05) is 6.07 Å². The van der Waals surface area contributed by atoms with E-state index in [4.69, 9.17) is 5.26 Å². The third kappa shape index (κ3) is 5.53. The molecule has 0 aliphatic rings. The Kier molecular flexibility index (Phi) is 6.85. The van der Waals surface area contributed by atoms with Gasteiger partial charge in [0.05, 0.1) is 17.6 Å². The maximum absolute atomic E-state index is 12.1. The zero-order chi connectivity index (χ0) is 15.7. The molecule has 0 bridgehead atoms. The van der Waals surface area contributed by atoms with Crippen molar-refractivity contribution in [2.24, 2.45) is 0 Å². The molecule has 0 saturated heterocycles. The van der Waals surface area contributed by atoms with Crippen LogP contribution in [0.3, 0.4) is 0 Å². The first-order valence-electron chi connectivity index (χ1n) is 6.57. The Labute approximate surface area is 124 Å². The zero-order valence-corrected chi connectivity index (χ0v) is 12.6. The van der Waals surface area contributed by atoms with Crippen LogP contribution in [0.15, 0.2) is 29.2 Å². The topological polar surface area (TPSA) is 96.3 Å². The summed E-state index contributed by atoms with van der Waals surface area (Å²) in [5.41, 5.74) is 0.121. The van der Waals surface area contributed by atoms with Crippen molar-refractivity contribution in [3.63, 3.8) is 0 Å². The van der Waals surface area contributed by atoms with E-state index in [1.165, 1.54) is 19.2 Å². The summed E-state index contributed by atoms with van der Waals surface area (Å²) in [7, 11) is -2.34. The molecular formula is C14H18N2O4S. The zero-order valence-electron chi connectivity index (χ0n) is 11.8. The minimum Gasteiger partial charge on any atom is -0.469 e. The van der Waals surface area contributed by atoms with E-state index in [0.29, 0.717) is 19.3 Å². The van der Waals surface area contributed by atoms with Crippen LogP contribution in [0.5, 0.6) is 0 Å². The fraction of sp³-hybridized carbons (Fsp3) is 0.429. The van der Waals surface area contributed by atoms with E-state index >= 15 is 0 Å². The second kappa shape index (κ2) is 8.39. The quantitative estimate of drug-likeness (QED) is 0.581. The highest BCUT2D eigenvalue weighted by Gasteiger charge is 2.17. The summed E-state index contributed by atoms with van der Waals surface area (Å²) < 4.78 is 31.1. The van der Waals surface area contributed by atoms with Gasteiger partial charge in [-0.2, -0.15) is 5.26 Å². The second-order valence-corrected chi connectivity index (χ2v) is 6.13. The first kappa shape index (κ1) is 17.1. The van der Waals surface area contributed by atoms with E-state index in [1.54, 1.807) is 12.1 Å². The molecule has 0 aliphatic carbocycles. The van der Waals surface area contributed by atoms with Crippen LogP contribution in [-0.4, -0.2) is 28.0 Å². The van der Waals surface area contributed by atoms with Crippen LogP contribution in [0.25, 0.3) is 0 Å². The first-order valence-corrected chi connectivity index (χ1v) is 8.05. The number of carbonyl (C=O) groups is 1. The fourth-order valence-corrected chi connectivity index (χ4v) is 2.98. The van der Waals surface area contributed by atoms with Crippen molar-refractivity contribution in [1.82, 2.24) is 4.72 Å². The molecule has 114 valence electrons. The van der Waals surface area contributed by atoms with Crippen LogP contribution < -0.4 is 4.72 Å². The summed E-state index contributed by atoms with van der Waals surface area (Å²) in [6.45, 7) is 0.267. The van der Waals surface area contributed by atoms with Crippen molar-refractivity contribution in [1.29, 1.82) is 5.26 Å². The number of hydrogen-bond donors (Lipinski definition) is 1. The molecule has 0 radical (unpaired) electrons. The number of benzene rings is 1. The van der Waals surface area contributed by atoms with Crippen molar-refractivity contribution in [2.75, 3.05) is 13.7 Å². The minimum atomic E-state index is -3.68. The lowest BCUT2D eigenvalue weighted by molar-refractivity contribution is -0.140. The molecule has 0 spiro atoms. The highest BCUT2D eigenvalue weighted by molar-refractivity contribution is 7.89. The molecule has 0 amide bonds. The van der Waals surface area contributed by atoms with E-state index in [9.17, 15) is 13.2 Å². The molecule has 0 fully saturated rings. The van der Waals surface area contributed by atoms with Crippen LogP contribution in [0.1, 0.15) is 31.2 Å². The Morgan fingerprint density at radius 3 is 2.67 bits per heavy atom. The SMILES string of the molecule is COC(=O)CCCCCNS(=O)(=O)c1ccccc1C#N. The van der Waals surface area contributed by atoms with Crippen molar-refractivity contribution in [3.8, 4) is 6.07 Å². The number of nitrogens with zero attached hydrogens (tertiary/aromatic N) is 1. The van der Waals surface area contributed by atoms with Crippen molar-refractivity contribution in [2.45, 2.75) is 30.6 Å². The number of rotatable bonds is 8. The first-order chi connectivity index (χ1) is 10.0. The van der Waals surface area contributed by atoms with Crippen molar-refractivity contribution in [3.05, 3.63) is 29.8 Å². The monoisotopic (exact) mass is 310 g/mol. The van der Waals surface area contributed by atoms with Gasteiger partial charge in [-0.3, -0.25) is 4.79 Å². The van der Waals surface area contributed by atoms with Gasteiger partial charge in [0.25, 0.3) is 0 Å². The number of sulfonamides is 1. The summed E-state index contributed by atoms with van der Waals surface area (Å²) in [4.78, 5) is 10.9.